The molecule has 0 aliphatic carbocycles. The Bertz CT molecular complexity index is 513. The fraction of sp³-hybridized carbons (Fsp3) is 0.789. The van der Waals surface area contributed by atoms with Crippen LogP contribution in [0.1, 0.15) is 71.6 Å². The first-order chi connectivity index (χ1) is 13.0. The Balaban J connectivity index is 2.49. The Morgan fingerprint density at radius 2 is 1.89 bits per heavy atom. The Labute approximate surface area is 167 Å². The van der Waals surface area contributed by atoms with Gasteiger partial charge in [-0.3, -0.25) is 14.4 Å². The van der Waals surface area contributed by atoms with E-state index in [2.05, 4.69) is 17.6 Å². The largest absolute Gasteiger partial charge is 0.466 e. The number of nitrogens with zero attached hydrogens (tertiary/aromatic N) is 1. The van der Waals surface area contributed by atoms with Crippen LogP contribution in [0.4, 0.5) is 0 Å². The molecule has 1 fully saturated rings. The number of amides is 2. The lowest BCUT2D eigenvalue weighted by Crippen LogP contribution is -2.60. The highest BCUT2D eigenvalue weighted by Gasteiger charge is 2.34. The first-order valence-corrected chi connectivity index (χ1v) is 10.4. The second kappa shape index (κ2) is 13.5. The number of rotatable bonds is 11. The van der Waals surface area contributed by atoms with E-state index >= 15 is 0 Å². The summed E-state index contributed by atoms with van der Waals surface area (Å²) in [6.45, 7) is 5.38. The zero-order valence-electron chi connectivity index (χ0n) is 16.6. The van der Waals surface area contributed by atoms with Gasteiger partial charge in [-0.25, -0.2) is 0 Å². The highest BCUT2D eigenvalue weighted by atomic mass is 32.1. The molecule has 0 radical (unpaired) electrons. The van der Waals surface area contributed by atoms with Gasteiger partial charge in [0.1, 0.15) is 6.04 Å². The van der Waals surface area contributed by atoms with Crippen LogP contribution in [0.2, 0.25) is 0 Å². The van der Waals surface area contributed by atoms with Crippen LogP contribution in [0.15, 0.2) is 0 Å². The summed E-state index contributed by atoms with van der Waals surface area (Å²) in [4.78, 5) is 37.9. The average Bonchev–Trinajstić information content (AvgIpc) is 2.63. The lowest BCUT2D eigenvalue weighted by atomic mass is 10.1. The normalized spacial score (nSPS) is 16.6. The summed E-state index contributed by atoms with van der Waals surface area (Å²) in [5.74, 6) is -0.850. The molecule has 1 aliphatic rings. The molecule has 1 heterocycles. The Kier molecular flexibility index (Phi) is 11.6. The number of hydrogen-bond acceptors (Lipinski definition) is 5. The van der Waals surface area contributed by atoms with Gasteiger partial charge in [-0.2, -0.15) is 0 Å². The summed E-state index contributed by atoms with van der Waals surface area (Å²) in [6, 6.07) is -0.745. The van der Waals surface area contributed by atoms with Gasteiger partial charge in [0, 0.05) is 19.5 Å². The molecular weight excluding hydrogens is 366 g/mol. The van der Waals surface area contributed by atoms with Crippen LogP contribution >= 0.6 is 12.2 Å². The summed E-state index contributed by atoms with van der Waals surface area (Å²) in [7, 11) is 0. The molecule has 1 saturated heterocycles. The number of carbonyl (C=O) groups is 3. The molecule has 27 heavy (non-hydrogen) atoms. The van der Waals surface area contributed by atoms with Crippen molar-refractivity contribution >= 4 is 35.1 Å². The van der Waals surface area contributed by atoms with Crippen molar-refractivity contribution < 1.29 is 19.1 Å². The van der Waals surface area contributed by atoms with E-state index in [1.807, 2.05) is 6.92 Å². The highest BCUT2D eigenvalue weighted by molar-refractivity contribution is 7.80. The first-order valence-electron chi connectivity index (χ1n) is 10.0. The number of piperazine rings is 1. The molecule has 1 atom stereocenters. The lowest BCUT2D eigenvalue weighted by Gasteiger charge is -2.36. The van der Waals surface area contributed by atoms with Crippen LogP contribution in [-0.4, -0.2) is 53.5 Å². The van der Waals surface area contributed by atoms with Gasteiger partial charge in [-0.1, -0.05) is 46.0 Å². The predicted molar refractivity (Wildman–Crippen MR) is 108 cm³/mol. The van der Waals surface area contributed by atoms with Gasteiger partial charge in [0.25, 0.3) is 0 Å². The van der Waals surface area contributed by atoms with E-state index in [9.17, 15) is 14.4 Å². The molecule has 8 heteroatoms. The van der Waals surface area contributed by atoms with E-state index in [-0.39, 0.29) is 23.3 Å². The quantitative estimate of drug-likeness (QED) is 0.315. The van der Waals surface area contributed by atoms with Gasteiger partial charge in [-0.15, -0.1) is 0 Å². The summed E-state index contributed by atoms with van der Waals surface area (Å²) < 4.78 is 5.15. The molecule has 0 spiro atoms. The van der Waals surface area contributed by atoms with Crippen LogP contribution < -0.4 is 10.6 Å². The number of hydrogen-bond donors (Lipinski definition) is 2. The monoisotopic (exact) mass is 399 g/mol. The molecular formula is C19H33N3O4S. The summed E-state index contributed by atoms with van der Waals surface area (Å²) in [6.07, 6.45) is 7.36. The lowest BCUT2D eigenvalue weighted by molar-refractivity contribution is -0.147. The average molecular weight is 400 g/mol. The van der Waals surface area contributed by atoms with E-state index in [1.165, 1.54) is 6.42 Å². The molecule has 7 nitrogen and oxygen atoms in total. The van der Waals surface area contributed by atoms with Crippen molar-refractivity contribution in [3.05, 3.63) is 0 Å². The van der Waals surface area contributed by atoms with Crippen LogP contribution in [0.25, 0.3) is 0 Å². The summed E-state index contributed by atoms with van der Waals surface area (Å²) in [5.41, 5.74) is 0. The fourth-order valence-corrected chi connectivity index (χ4v) is 3.18. The van der Waals surface area contributed by atoms with Crippen molar-refractivity contribution in [1.29, 1.82) is 0 Å². The van der Waals surface area contributed by atoms with Gasteiger partial charge in [0.15, 0.2) is 5.11 Å². The van der Waals surface area contributed by atoms with Crippen molar-refractivity contribution in [2.24, 2.45) is 0 Å². The number of unbranched alkanes of at least 4 members (excludes halogenated alkanes) is 5. The van der Waals surface area contributed by atoms with Crippen LogP contribution in [0.3, 0.4) is 0 Å². The standard InChI is InChI=1S/C19H33N3O4S/c1-3-5-7-8-9-10-16(23)21-19(27)22-12-11-20-18(25)15(22)14-17(24)26-13-6-4-2/h15H,3-14H2,1-2H3,(H,20,25)(H,21,23,27). The predicted octanol–water partition coefficient (Wildman–Crippen LogP) is 2.28. The number of nitrogens with one attached hydrogen (secondary N) is 2. The van der Waals surface area contributed by atoms with Crippen molar-refractivity contribution in [3.8, 4) is 0 Å². The van der Waals surface area contributed by atoms with E-state index in [4.69, 9.17) is 17.0 Å². The van der Waals surface area contributed by atoms with E-state index in [1.54, 1.807) is 4.90 Å². The third-order valence-corrected chi connectivity index (χ3v) is 4.80. The van der Waals surface area contributed by atoms with E-state index in [0.29, 0.717) is 26.1 Å². The summed E-state index contributed by atoms with van der Waals surface area (Å²) >= 11 is 5.32. The topological polar surface area (TPSA) is 87.7 Å². The van der Waals surface area contributed by atoms with E-state index < -0.39 is 12.0 Å². The maximum absolute atomic E-state index is 12.2. The van der Waals surface area contributed by atoms with Gasteiger partial charge in [-0.05, 0) is 25.1 Å². The number of esters is 1. The Morgan fingerprint density at radius 1 is 1.19 bits per heavy atom. The number of carbonyl (C=O) groups excluding carboxylic acids is 3. The smallest absolute Gasteiger partial charge is 0.308 e. The van der Waals surface area contributed by atoms with Crippen molar-refractivity contribution in [2.75, 3.05) is 19.7 Å². The fourth-order valence-electron chi connectivity index (χ4n) is 2.85. The molecule has 0 aromatic heterocycles. The third kappa shape index (κ3) is 9.17. The molecule has 1 rings (SSSR count). The Morgan fingerprint density at radius 3 is 2.59 bits per heavy atom. The molecule has 2 N–H and O–H groups in total. The molecule has 154 valence electrons. The number of ether oxygens (including phenoxy) is 1. The zero-order valence-corrected chi connectivity index (χ0v) is 17.4. The SMILES string of the molecule is CCCCCCCC(=O)NC(=S)N1CCNC(=O)C1CC(=O)OCCCC. The van der Waals surface area contributed by atoms with E-state index in [0.717, 1.165) is 38.5 Å². The van der Waals surface area contributed by atoms with Gasteiger partial charge < -0.3 is 20.3 Å². The van der Waals surface area contributed by atoms with Crippen molar-refractivity contribution in [2.45, 2.75) is 77.7 Å². The minimum atomic E-state index is -0.745. The molecule has 1 aliphatic heterocycles. The minimum Gasteiger partial charge on any atom is -0.466 e. The van der Waals surface area contributed by atoms with Crippen LogP contribution in [0.5, 0.6) is 0 Å². The molecule has 0 aromatic rings. The Hall–Kier alpha value is -1.70. The highest BCUT2D eigenvalue weighted by Crippen LogP contribution is 2.11. The van der Waals surface area contributed by atoms with Gasteiger partial charge in [0.2, 0.25) is 11.8 Å². The molecule has 1 unspecified atom stereocenters. The maximum atomic E-state index is 12.2. The van der Waals surface area contributed by atoms with Crippen LogP contribution in [-0.2, 0) is 19.1 Å². The molecule has 2 amide bonds. The third-order valence-electron chi connectivity index (χ3n) is 4.47. The van der Waals surface area contributed by atoms with Crippen molar-refractivity contribution in [1.82, 2.24) is 15.5 Å². The minimum absolute atomic E-state index is 0.0808. The summed E-state index contributed by atoms with van der Waals surface area (Å²) in [5, 5.41) is 5.64. The van der Waals surface area contributed by atoms with Crippen molar-refractivity contribution in [3.63, 3.8) is 0 Å². The second-order valence-electron chi connectivity index (χ2n) is 6.80. The van der Waals surface area contributed by atoms with Gasteiger partial charge >= 0.3 is 5.97 Å². The molecule has 0 bridgehead atoms. The van der Waals surface area contributed by atoms with Gasteiger partial charge in [0.05, 0.1) is 13.0 Å². The molecule has 0 aromatic carbocycles. The zero-order chi connectivity index (χ0) is 20.1. The second-order valence-corrected chi connectivity index (χ2v) is 7.18. The molecule has 0 saturated carbocycles. The van der Waals surface area contributed by atoms with Crippen LogP contribution in [0, 0.1) is 0 Å². The number of thiocarbonyl (C=S) groups is 1. The maximum Gasteiger partial charge on any atom is 0.308 e. The first kappa shape index (κ1) is 23.3.